The SMILES string of the molecule is O=C(N[C@@H](CO)c1ccc(F)c(N2CCOCC2)c1)C1CC1c1ccccc1Cl. The molecule has 0 aromatic heterocycles. The molecule has 1 saturated carbocycles. The van der Waals surface area contributed by atoms with Crippen LogP contribution in [-0.2, 0) is 9.53 Å². The molecule has 1 aliphatic heterocycles. The van der Waals surface area contributed by atoms with E-state index in [9.17, 15) is 14.3 Å². The van der Waals surface area contributed by atoms with Crippen molar-refractivity contribution in [3.05, 3.63) is 64.4 Å². The van der Waals surface area contributed by atoms with E-state index in [1.807, 2.05) is 29.2 Å². The van der Waals surface area contributed by atoms with Gasteiger partial charge in [0.1, 0.15) is 5.82 Å². The summed E-state index contributed by atoms with van der Waals surface area (Å²) in [6, 6.07) is 11.7. The molecule has 1 saturated heterocycles. The van der Waals surface area contributed by atoms with Gasteiger partial charge in [-0.15, -0.1) is 0 Å². The Labute approximate surface area is 174 Å². The molecular weight excluding hydrogens is 395 g/mol. The van der Waals surface area contributed by atoms with Crippen LogP contribution in [0.2, 0.25) is 5.02 Å². The van der Waals surface area contributed by atoms with Crippen molar-refractivity contribution in [2.45, 2.75) is 18.4 Å². The van der Waals surface area contributed by atoms with Gasteiger partial charge in [-0.1, -0.05) is 35.9 Å². The van der Waals surface area contributed by atoms with Crippen molar-refractivity contribution in [1.82, 2.24) is 5.32 Å². The van der Waals surface area contributed by atoms with E-state index in [1.54, 1.807) is 12.1 Å². The molecule has 1 aliphatic carbocycles. The highest BCUT2D eigenvalue weighted by Crippen LogP contribution is 2.49. The molecule has 1 amide bonds. The van der Waals surface area contributed by atoms with Crippen LogP contribution in [0.5, 0.6) is 0 Å². The van der Waals surface area contributed by atoms with Crippen molar-refractivity contribution >= 4 is 23.2 Å². The lowest BCUT2D eigenvalue weighted by atomic mass is 10.0. The molecule has 5 nitrogen and oxygen atoms in total. The second kappa shape index (κ2) is 8.69. The number of carbonyl (C=O) groups is 1. The van der Waals surface area contributed by atoms with Gasteiger partial charge < -0.3 is 20.1 Å². The zero-order valence-corrected chi connectivity index (χ0v) is 16.7. The summed E-state index contributed by atoms with van der Waals surface area (Å²) in [7, 11) is 0. The Bertz CT molecular complexity index is 888. The molecule has 2 unspecified atom stereocenters. The minimum atomic E-state index is -0.588. The molecule has 2 aliphatic rings. The third-order valence-corrected chi connectivity index (χ3v) is 6.00. The Balaban J connectivity index is 1.45. The monoisotopic (exact) mass is 418 g/mol. The van der Waals surface area contributed by atoms with E-state index in [0.717, 1.165) is 12.0 Å². The van der Waals surface area contributed by atoms with E-state index in [2.05, 4.69) is 5.32 Å². The molecule has 0 spiro atoms. The topological polar surface area (TPSA) is 61.8 Å². The molecule has 29 heavy (non-hydrogen) atoms. The maximum atomic E-state index is 14.4. The van der Waals surface area contributed by atoms with Gasteiger partial charge in [-0.25, -0.2) is 4.39 Å². The first-order valence-electron chi connectivity index (χ1n) is 9.86. The smallest absolute Gasteiger partial charge is 0.224 e. The van der Waals surface area contributed by atoms with Crippen molar-refractivity contribution in [3.8, 4) is 0 Å². The summed E-state index contributed by atoms with van der Waals surface area (Å²) in [5, 5.41) is 13.4. The summed E-state index contributed by atoms with van der Waals surface area (Å²) in [5.74, 6) is -0.505. The first-order chi connectivity index (χ1) is 14.1. The lowest BCUT2D eigenvalue weighted by Gasteiger charge is -2.30. The van der Waals surface area contributed by atoms with Crippen LogP contribution in [0.25, 0.3) is 0 Å². The average molecular weight is 419 g/mol. The number of aliphatic hydroxyl groups is 1. The molecule has 3 atom stereocenters. The number of ether oxygens (including phenoxy) is 1. The van der Waals surface area contributed by atoms with Crippen LogP contribution >= 0.6 is 11.6 Å². The normalized spacial score (nSPS) is 22.2. The van der Waals surface area contributed by atoms with Crippen molar-refractivity contribution in [3.63, 3.8) is 0 Å². The van der Waals surface area contributed by atoms with Crippen molar-refractivity contribution < 1.29 is 19.0 Å². The predicted octanol–water partition coefficient (Wildman–Crippen LogP) is 3.27. The molecule has 4 rings (SSSR count). The van der Waals surface area contributed by atoms with Crippen LogP contribution in [0.1, 0.15) is 29.5 Å². The van der Waals surface area contributed by atoms with Crippen LogP contribution in [0.4, 0.5) is 10.1 Å². The number of hydrogen-bond donors (Lipinski definition) is 2. The van der Waals surface area contributed by atoms with Crippen LogP contribution in [-0.4, -0.2) is 43.9 Å². The molecule has 2 N–H and O–H groups in total. The van der Waals surface area contributed by atoms with Crippen molar-refractivity contribution in [1.29, 1.82) is 0 Å². The first-order valence-corrected chi connectivity index (χ1v) is 10.2. The highest BCUT2D eigenvalue weighted by Gasteiger charge is 2.45. The molecule has 2 fully saturated rings. The van der Waals surface area contributed by atoms with Gasteiger partial charge in [-0.05, 0) is 41.7 Å². The quantitative estimate of drug-likeness (QED) is 0.755. The summed E-state index contributed by atoms with van der Waals surface area (Å²) in [4.78, 5) is 14.7. The number of benzene rings is 2. The standard InChI is InChI=1S/C22H24ClFN2O3/c23-18-4-2-1-3-15(18)16-12-17(16)22(28)25-20(13-27)14-5-6-19(24)21(11-14)26-7-9-29-10-8-26/h1-6,11,16-17,20,27H,7-10,12-13H2,(H,25,28)/t16?,17?,20-/m0/s1. The largest absolute Gasteiger partial charge is 0.394 e. The Kier molecular flexibility index (Phi) is 6.04. The number of amides is 1. The minimum absolute atomic E-state index is 0.0974. The Morgan fingerprint density at radius 3 is 2.76 bits per heavy atom. The second-order valence-electron chi connectivity index (χ2n) is 7.52. The van der Waals surface area contributed by atoms with E-state index in [4.69, 9.17) is 16.3 Å². The summed E-state index contributed by atoms with van der Waals surface area (Å²) in [6.45, 7) is 2.06. The maximum absolute atomic E-state index is 14.4. The fraction of sp³-hybridized carbons (Fsp3) is 0.409. The van der Waals surface area contributed by atoms with E-state index in [1.165, 1.54) is 6.07 Å². The number of carbonyl (C=O) groups excluding carboxylic acids is 1. The van der Waals surface area contributed by atoms with Crippen molar-refractivity contribution in [2.75, 3.05) is 37.8 Å². The van der Waals surface area contributed by atoms with Crippen LogP contribution < -0.4 is 10.2 Å². The zero-order valence-electron chi connectivity index (χ0n) is 16.0. The van der Waals surface area contributed by atoms with E-state index >= 15 is 0 Å². The predicted molar refractivity (Wildman–Crippen MR) is 110 cm³/mol. The molecule has 1 heterocycles. The molecule has 0 radical (unpaired) electrons. The summed E-state index contributed by atoms with van der Waals surface area (Å²) < 4.78 is 19.7. The maximum Gasteiger partial charge on any atom is 0.224 e. The second-order valence-corrected chi connectivity index (χ2v) is 7.93. The zero-order chi connectivity index (χ0) is 20.4. The minimum Gasteiger partial charge on any atom is -0.394 e. The van der Waals surface area contributed by atoms with Gasteiger partial charge in [-0.3, -0.25) is 4.79 Å². The van der Waals surface area contributed by atoms with E-state index in [0.29, 0.717) is 42.6 Å². The number of nitrogens with one attached hydrogen (secondary N) is 1. The summed E-state index contributed by atoms with van der Waals surface area (Å²) >= 11 is 6.24. The fourth-order valence-corrected chi connectivity index (χ4v) is 4.19. The Morgan fingerprint density at radius 1 is 1.28 bits per heavy atom. The van der Waals surface area contributed by atoms with Gasteiger partial charge in [0.2, 0.25) is 5.91 Å². The molecule has 7 heteroatoms. The third-order valence-electron chi connectivity index (χ3n) is 5.66. The molecular formula is C22H24ClFN2O3. The van der Waals surface area contributed by atoms with Gasteiger partial charge >= 0.3 is 0 Å². The number of rotatable bonds is 6. The van der Waals surface area contributed by atoms with E-state index < -0.39 is 6.04 Å². The number of hydrogen-bond acceptors (Lipinski definition) is 4. The average Bonchev–Trinajstić information content (AvgIpc) is 3.54. The van der Waals surface area contributed by atoms with Crippen molar-refractivity contribution in [2.24, 2.45) is 5.92 Å². The Hall–Kier alpha value is -2.15. The van der Waals surface area contributed by atoms with Gasteiger partial charge in [0.25, 0.3) is 0 Å². The lowest BCUT2D eigenvalue weighted by Crippen LogP contribution is -2.37. The number of anilines is 1. The lowest BCUT2D eigenvalue weighted by molar-refractivity contribution is -0.123. The number of aliphatic hydroxyl groups excluding tert-OH is 1. The molecule has 154 valence electrons. The highest BCUT2D eigenvalue weighted by molar-refractivity contribution is 6.31. The highest BCUT2D eigenvalue weighted by atomic mass is 35.5. The molecule has 2 aromatic carbocycles. The van der Waals surface area contributed by atoms with Crippen LogP contribution in [0.3, 0.4) is 0 Å². The fourth-order valence-electron chi connectivity index (χ4n) is 3.91. The summed E-state index contributed by atoms with van der Waals surface area (Å²) in [5.41, 5.74) is 2.13. The van der Waals surface area contributed by atoms with Gasteiger partial charge in [0.05, 0.1) is 31.5 Å². The third kappa shape index (κ3) is 4.39. The Morgan fingerprint density at radius 2 is 2.03 bits per heavy atom. The number of halogens is 2. The van der Waals surface area contributed by atoms with Gasteiger partial charge in [0, 0.05) is 24.0 Å². The van der Waals surface area contributed by atoms with Crippen LogP contribution in [0.15, 0.2) is 42.5 Å². The number of morpholine rings is 1. The van der Waals surface area contributed by atoms with Gasteiger partial charge in [0.15, 0.2) is 0 Å². The van der Waals surface area contributed by atoms with Crippen LogP contribution in [0, 0.1) is 11.7 Å². The molecule has 2 aromatic rings. The van der Waals surface area contributed by atoms with Gasteiger partial charge in [-0.2, -0.15) is 0 Å². The first kappa shape index (κ1) is 20.1. The number of nitrogens with zero attached hydrogens (tertiary/aromatic N) is 1. The van der Waals surface area contributed by atoms with E-state index in [-0.39, 0.29) is 30.2 Å². The summed E-state index contributed by atoms with van der Waals surface area (Å²) in [6.07, 6.45) is 0.732. The molecule has 0 bridgehead atoms.